The molecular formula is C21H29NO2. The van der Waals surface area contributed by atoms with Crippen molar-refractivity contribution in [2.24, 2.45) is 0 Å². The summed E-state index contributed by atoms with van der Waals surface area (Å²) in [6.45, 7) is 12.0. The predicted octanol–water partition coefficient (Wildman–Crippen LogP) is 4.38. The van der Waals surface area contributed by atoms with Crippen molar-refractivity contribution in [3.63, 3.8) is 0 Å². The lowest BCUT2D eigenvalue weighted by Gasteiger charge is -2.17. The molecule has 0 amide bonds. The first-order valence-electron chi connectivity index (χ1n) is 8.66. The van der Waals surface area contributed by atoms with Gasteiger partial charge in [-0.1, -0.05) is 36.4 Å². The number of hydrogen-bond donors (Lipinski definition) is 1. The summed E-state index contributed by atoms with van der Waals surface area (Å²) in [5.74, 6) is 0. The van der Waals surface area contributed by atoms with Crippen molar-refractivity contribution in [3.8, 4) is 11.1 Å². The Bertz CT molecular complexity index is 632. The number of nitrogens with one attached hydrogen (secondary N) is 1. The summed E-state index contributed by atoms with van der Waals surface area (Å²) in [7, 11) is 0. The summed E-state index contributed by atoms with van der Waals surface area (Å²) >= 11 is 0. The van der Waals surface area contributed by atoms with Crippen LogP contribution >= 0.6 is 0 Å². The standard InChI is InChI=1S/C21H29NO2/c1-5-23-13-12-22-15-24-14-19-11-7-10-18(4)21(19)20-16(2)8-6-9-17(20)3/h6-11,22H,5,12-15H2,1-4H3. The van der Waals surface area contributed by atoms with Gasteiger partial charge >= 0.3 is 0 Å². The maximum atomic E-state index is 5.83. The Balaban J connectivity index is 2.08. The van der Waals surface area contributed by atoms with Gasteiger partial charge in [0.15, 0.2) is 0 Å². The van der Waals surface area contributed by atoms with Crippen LogP contribution in [0, 0.1) is 20.8 Å². The van der Waals surface area contributed by atoms with Gasteiger partial charge < -0.3 is 9.47 Å². The first kappa shape index (κ1) is 18.7. The van der Waals surface area contributed by atoms with Crippen LogP contribution in [-0.4, -0.2) is 26.5 Å². The van der Waals surface area contributed by atoms with E-state index in [-0.39, 0.29) is 0 Å². The average molecular weight is 327 g/mol. The van der Waals surface area contributed by atoms with Crippen LogP contribution in [0.1, 0.15) is 29.2 Å². The maximum absolute atomic E-state index is 5.83. The third kappa shape index (κ3) is 4.91. The maximum Gasteiger partial charge on any atom is 0.0970 e. The van der Waals surface area contributed by atoms with Crippen LogP contribution in [-0.2, 0) is 16.1 Å². The van der Waals surface area contributed by atoms with E-state index in [4.69, 9.17) is 9.47 Å². The van der Waals surface area contributed by atoms with Gasteiger partial charge in [-0.25, -0.2) is 0 Å². The molecule has 0 aliphatic rings. The van der Waals surface area contributed by atoms with Gasteiger partial charge in [0.1, 0.15) is 0 Å². The monoisotopic (exact) mass is 327 g/mol. The molecule has 0 heterocycles. The molecule has 3 nitrogen and oxygen atoms in total. The molecule has 0 saturated heterocycles. The third-order valence-electron chi connectivity index (χ3n) is 4.18. The molecule has 1 N–H and O–H groups in total. The van der Waals surface area contributed by atoms with Crippen molar-refractivity contribution in [3.05, 3.63) is 58.7 Å². The second kappa shape index (κ2) is 9.58. The number of hydrogen-bond acceptors (Lipinski definition) is 3. The van der Waals surface area contributed by atoms with E-state index >= 15 is 0 Å². The molecule has 2 aromatic carbocycles. The molecule has 3 heteroatoms. The molecule has 0 bridgehead atoms. The highest BCUT2D eigenvalue weighted by Gasteiger charge is 2.12. The minimum atomic E-state index is 0.535. The Hall–Kier alpha value is -1.68. The molecule has 2 aromatic rings. The van der Waals surface area contributed by atoms with Crippen molar-refractivity contribution in [2.75, 3.05) is 26.5 Å². The fourth-order valence-corrected chi connectivity index (χ4v) is 3.01. The van der Waals surface area contributed by atoms with Gasteiger partial charge in [0.2, 0.25) is 0 Å². The molecule has 0 aromatic heterocycles. The van der Waals surface area contributed by atoms with Gasteiger partial charge in [0, 0.05) is 13.2 Å². The van der Waals surface area contributed by atoms with Crippen LogP contribution in [0.2, 0.25) is 0 Å². The van der Waals surface area contributed by atoms with E-state index < -0.39 is 0 Å². The van der Waals surface area contributed by atoms with E-state index in [0.717, 1.165) is 19.8 Å². The van der Waals surface area contributed by atoms with Gasteiger partial charge in [-0.05, 0) is 61.1 Å². The Kier molecular flexibility index (Phi) is 7.44. The van der Waals surface area contributed by atoms with Crippen LogP contribution in [0.3, 0.4) is 0 Å². The predicted molar refractivity (Wildman–Crippen MR) is 100 cm³/mol. The summed E-state index contributed by atoms with van der Waals surface area (Å²) in [6.07, 6.45) is 0. The number of rotatable bonds is 9. The number of benzene rings is 2. The molecular weight excluding hydrogens is 298 g/mol. The van der Waals surface area contributed by atoms with Crippen LogP contribution < -0.4 is 5.32 Å². The van der Waals surface area contributed by atoms with Gasteiger partial charge in [-0.2, -0.15) is 0 Å². The van der Waals surface area contributed by atoms with Crippen LogP contribution in [0.4, 0.5) is 0 Å². The fourth-order valence-electron chi connectivity index (χ4n) is 3.01. The number of aryl methyl sites for hydroxylation is 3. The zero-order chi connectivity index (χ0) is 17.4. The molecule has 0 saturated carbocycles. The molecule has 2 rings (SSSR count). The van der Waals surface area contributed by atoms with Crippen molar-refractivity contribution in [2.45, 2.75) is 34.3 Å². The van der Waals surface area contributed by atoms with E-state index in [0.29, 0.717) is 13.3 Å². The van der Waals surface area contributed by atoms with Crippen molar-refractivity contribution in [1.29, 1.82) is 0 Å². The Morgan fingerprint density at radius 3 is 2.12 bits per heavy atom. The topological polar surface area (TPSA) is 30.5 Å². The van der Waals surface area contributed by atoms with Crippen molar-refractivity contribution < 1.29 is 9.47 Å². The summed E-state index contributed by atoms with van der Waals surface area (Å²) in [5, 5.41) is 3.24. The molecule has 0 unspecified atom stereocenters. The molecule has 130 valence electrons. The van der Waals surface area contributed by atoms with Crippen molar-refractivity contribution >= 4 is 0 Å². The lowest BCUT2D eigenvalue weighted by Crippen LogP contribution is -2.22. The Labute approximate surface area is 146 Å². The SMILES string of the molecule is CCOCCNCOCc1cccc(C)c1-c1c(C)cccc1C. The quantitative estimate of drug-likeness (QED) is 0.548. The first-order chi connectivity index (χ1) is 11.6. The summed E-state index contributed by atoms with van der Waals surface area (Å²) in [6, 6.07) is 12.9. The highest BCUT2D eigenvalue weighted by Crippen LogP contribution is 2.33. The highest BCUT2D eigenvalue weighted by atomic mass is 16.5. The lowest BCUT2D eigenvalue weighted by atomic mass is 9.89. The van der Waals surface area contributed by atoms with E-state index in [1.807, 2.05) is 6.92 Å². The molecule has 0 radical (unpaired) electrons. The van der Waals surface area contributed by atoms with Gasteiger partial charge in [0.05, 0.1) is 19.9 Å². The Morgan fingerprint density at radius 2 is 1.46 bits per heavy atom. The van der Waals surface area contributed by atoms with E-state index in [1.54, 1.807) is 0 Å². The van der Waals surface area contributed by atoms with E-state index in [9.17, 15) is 0 Å². The van der Waals surface area contributed by atoms with Crippen LogP contribution in [0.15, 0.2) is 36.4 Å². The summed E-state index contributed by atoms with van der Waals surface area (Å²) < 4.78 is 11.1. The smallest absolute Gasteiger partial charge is 0.0970 e. The Morgan fingerprint density at radius 1 is 0.833 bits per heavy atom. The van der Waals surface area contributed by atoms with Gasteiger partial charge in [0.25, 0.3) is 0 Å². The minimum absolute atomic E-state index is 0.535. The molecule has 0 fully saturated rings. The molecule has 24 heavy (non-hydrogen) atoms. The summed E-state index contributed by atoms with van der Waals surface area (Å²) in [4.78, 5) is 0. The van der Waals surface area contributed by atoms with Crippen LogP contribution in [0.25, 0.3) is 11.1 Å². The first-order valence-corrected chi connectivity index (χ1v) is 8.66. The van der Waals surface area contributed by atoms with Gasteiger partial charge in [-0.3, -0.25) is 5.32 Å². The molecule has 0 aliphatic carbocycles. The molecule has 0 spiro atoms. The lowest BCUT2D eigenvalue weighted by molar-refractivity contribution is 0.0899. The molecule has 0 atom stereocenters. The fraction of sp³-hybridized carbons (Fsp3) is 0.429. The zero-order valence-electron chi connectivity index (χ0n) is 15.3. The summed E-state index contributed by atoms with van der Waals surface area (Å²) in [5.41, 5.74) is 7.78. The van der Waals surface area contributed by atoms with E-state index in [2.05, 4.69) is 62.5 Å². The van der Waals surface area contributed by atoms with Crippen LogP contribution in [0.5, 0.6) is 0 Å². The second-order valence-corrected chi connectivity index (χ2v) is 6.07. The minimum Gasteiger partial charge on any atom is -0.380 e. The second-order valence-electron chi connectivity index (χ2n) is 6.07. The average Bonchev–Trinajstić information content (AvgIpc) is 2.56. The molecule has 0 aliphatic heterocycles. The third-order valence-corrected chi connectivity index (χ3v) is 4.18. The number of ether oxygens (including phenoxy) is 2. The highest BCUT2D eigenvalue weighted by molar-refractivity contribution is 5.76. The largest absolute Gasteiger partial charge is 0.380 e. The zero-order valence-corrected chi connectivity index (χ0v) is 15.3. The normalized spacial score (nSPS) is 11.0. The van der Waals surface area contributed by atoms with E-state index in [1.165, 1.54) is 33.4 Å². The van der Waals surface area contributed by atoms with Crippen molar-refractivity contribution in [1.82, 2.24) is 5.32 Å². The van der Waals surface area contributed by atoms with Gasteiger partial charge in [-0.15, -0.1) is 0 Å².